The number of carbonyl (C=O) groups excluding carboxylic acids is 2. The number of nitrogens with one attached hydrogen (secondary N) is 1. The van der Waals surface area contributed by atoms with Gasteiger partial charge in [0.15, 0.2) is 0 Å². The predicted octanol–water partition coefficient (Wildman–Crippen LogP) is 2.74. The Morgan fingerprint density at radius 3 is 2.29 bits per heavy atom. The van der Waals surface area contributed by atoms with Crippen LogP contribution in [0.3, 0.4) is 0 Å². The third kappa shape index (κ3) is 4.03. The molecular formula is C26H28N2O6. The number of hydrogen-bond donors (Lipinski definition) is 3. The van der Waals surface area contributed by atoms with Crippen LogP contribution < -0.4 is 5.32 Å². The van der Waals surface area contributed by atoms with Crippen molar-refractivity contribution in [1.29, 1.82) is 0 Å². The van der Waals surface area contributed by atoms with Crippen molar-refractivity contribution in [1.82, 2.24) is 10.2 Å². The average molecular weight is 465 g/mol. The smallest absolute Gasteiger partial charge is 0.407 e. The quantitative estimate of drug-likeness (QED) is 0.627. The SMILES string of the molecule is O=C(NC1CCCC1C(=O)N1C[C@@H](O)C[C@H]1C(=O)O)OCC1c2ccccc2-c2ccccc21. The summed E-state index contributed by atoms with van der Waals surface area (Å²) >= 11 is 0. The van der Waals surface area contributed by atoms with Crippen LogP contribution in [0.2, 0.25) is 0 Å². The highest BCUT2D eigenvalue weighted by Gasteiger charge is 2.44. The average Bonchev–Trinajstić information content (AvgIpc) is 3.53. The molecule has 2 aromatic rings. The summed E-state index contributed by atoms with van der Waals surface area (Å²) in [6.07, 6.45) is 0.528. The second kappa shape index (κ2) is 9.10. The number of aliphatic hydroxyl groups is 1. The van der Waals surface area contributed by atoms with Crippen molar-refractivity contribution < 1.29 is 29.3 Å². The summed E-state index contributed by atoms with van der Waals surface area (Å²) < 4.78 is 5.62. The first-order chi connectivity index (χ1) is 16.4. The third-order valence-electron chi connectivity index (χ3n) is 7.33. The first kappa shape index (κ1) is 22.4. The van der Waals surface area contributed by atoms with E-state index in [1.54, 1.807) is 0 Å². The Morgan fingerprint density at radius 2 is 1.65 bits per heavy atom. The maximum atomic E-state index is 13.1. The fourth-order valence-corrected chi connectivity index (χ4v) is 5.72. The zero-order valence-corrected chi connectivity index (χ0v) is 18.7. The molecule has 3 N–H and O–H groups in total. The summed E-state index contributed by atoms with van der Waals surface area (Å²) in [5, 5.41) is 22.2. The predicted molar refractivity (Wildman–Crippen MR) is 123 cm³/mol. The van der Waals surface area contributed by atoms with Gasteiger partial charge in [-0.2, -0.15) is 0 Å². The van der Waals surface area contributed by atoms with Crippen LogP contribution in [0.15, 0.2) is 48.5 Å². The normalized spacial score (nSPS) is 25.6. The number of aliphatic hydroxyl groups excluding tert-OH is 1. The third-order valence-corrected chi connectivity index (χ3v) is 7.33. The Labute approximate surface area is 197 Å². The van der Waals surface area contributed by atoms with Gasteiger partial charge in [0.1, 0.15) is 12.6 Å². The molecule has 2 aliphatic carbocycles. The molecule has 34 heavy (non-hydrogen) atoms. The van der Waals surface area contributed by atoms with Gasteiger partial charge < -0.3 is 25.2 Å². The minimum Gasteiger partial charge on any atom is -0.480 e. The van der Waals surface area contributed by atoms with Gasteiger partial charge in [0.05, 0.1) is 12.0 Å². The molecule has 2 fully saturated rings. The molecule has 0 spiro atoms. The molecule has 3 aliphatic rings. The molecule has 1 heterocycles. The van der Waals surface area contributed by atoms with Gasteiger partial charge in [-0.3, -0.25) is 4.79 Å². The molecule has 1 aliphatic heterocycles. The summed E-state index contributed by atoms with van der Waals surface area (Å²) in [6, 6.07) is 14.7. The van der Waals surface area contributed by atoms with Crippen molar-refractivity contribution in [3.05, 3.63) is 59.7 Å². The van der Waals surface area contributed by atoms with Crippen LogP contribution in [0.5, 0.6) is 0 Å². The van der Waals surface area contributed by atoms with Gasteiger partial charge in [0.2, 0.25) is 5.91 Å². The van der Waals surface area contributed by atoms with Gasteiger partial charge in [-0.15, -0.1) is 0 Å². The molecule has 0 radical (unpaired) electrons. The number of fused-ring (bicyclic) bond motifs is 3. The second-order valence-corrected chi connectivity index (χ2v) is 9.35. The Bertz CT molecular complexity index is 1070. The van der Waals surface area contributed by atoms with E-state index in [9.17, 15) is 24.6 Å². The van der Waals surface area contributed by atoms with Crippen LogP contribution in [0.4, 0.5) is 4.79 Å². The molecular weight excluding hydrogens is 436 g/mol. The first-order valence-corrected chi connectivity index (χ1v) is 11.8. The number of carboxylic acid groups (broad SMARTS) is 1. The van der Waals surface area contributed by atoms with E-state index in [1.807, 2.05) is 24.3 Å². The molecule has 0 aromatic heterocycles. The number of β-amino-alcohol motifs (C(OH)–C–C–N with tert-alkyl or cyclic N) is 1. The van der Waals surface area contributed by atoms with E-state index in [2.05, 4.69) is 29.6 Å². The Kier molecular flexibility index (Phi) is 6.00. The monoisotopic (exact) mass is 464 g/mol. The molecule has 5 rings (SSSR count). The van der Waals surface area contributed by atoms with Crippen LogP contribution >= 0.6 is 0 Å². The summed E-state index contributed by atoms with van der Waals surface area (Å²) in [5.74, 6) is -2.02. The Morgan fingerprint density at radius 1 is 1.00 bits per heavy atom. The van der Waals surface area contributed by atoms with Crippen LogP contribution in [0.25, 0.3) is 11.1 Å². The molecule has 8 heteroatoms. The number of benzene rings is 2. The highest BCUT2D eigenvalue weighted by molar-refractivity contribution is 5.87. The topological polar surface area (TPSA) is 116 Å². The molecule has 178 valence electrons. The van der Waals surface area contributed by atoms with Crippen molar-refractivity contribution in [3.63, 3.8) is 0 Å². The Balaban J connectivity index is 1.23. The highest BCUT2D eigenvalue weighted by atomic mass is 16.5. The maximum Gasteiger partial charge on any atom is 0.407 e. The number of likely N-dealkylation sites (tertiary alicyclic amines) is 1. The minimum atomic E-state index is -1.12. The molecule has 2 aromatic carbocycles. The van der Waals surface area contributed by atoms with Gasteiger partial charge in [-0.1, -0.05) is 55.0 Å². The van der Waals surface area contributed by atoms with E-state index in [4.69, 9.17) is 4.74 Å². The molecule has 0 bridgehead atoms. The van der Waals surface area contributed by atoms with Crippen LogP contribution in [-0.4, -0.2) is 64.4 Å². The number of rotatable bonds is 5. The van der Waals surface area contributed by atoms with Crippen LogP contribution in [-0.2, 0) is 14.3 Å². The summed E-state index contributed by atoms with van der Waals surface area (Å²) in [7, 11) is 0. The van der Waals surface area contributed by atoms with Crippen LogP contribution in [0.1, 0.15) is 42.7 Å². The zero-order valence-electron chi connectivity index (χ0n) is 18.7. The van der Waals surface area contributed by atoms with Gasteiger partial charge in [-0.05, 0) is 35.1 Å². The van der Waals surface area contributed by atoms with Gasteiger partial charge in [0.25, 0.3) is 0 Å². The number of carboxylic acids is 1. The van der Waals surface area contributed by atoms with Gasteiger partial charge in [0, 0.05) is 24.9 Å². The number of alkyl carbamates (subject to hydrolysis) is 1. The fourth-order valence-electron chi connectivity index (χ4n) is 5.72. The second-order valence-electron chi connectivity index (χ2n) is 9.35. The highest BCUT2D eigenvalue weighted by Crippen LogP contribution is 2.44. The molecule has 1 saturated carbocycles. The van der Waals surface area contributed by atoms with Gasteiger partial charge in [-0.25, -0.2) is 9.59 Å². The number of aliphatic carboxylic acids is 1. The summed E-state index contributed by atoms with van der Waals surface area (Å²) in [5.41, 5.74) is 4.54. The number of carbonyl (C=O) groups is 3. The summed E-state index contributed by atoms with van der Waals surface area (Å²) in [4.78, 5) is 38.6. The molecule has 1 saturated heterocycles. The Hall–Kier alpha value is -3.39. The summed E-state index contributed by atoms with van der Waals surface area (Å²) in [6.45, 7) is 0.189. The minimum absolute atomic E-state index is 0.00393. The molecule has 2 amide bonds. The van der Waals surface area contributed by atoms with E-state index in [0.29, 0.717) is 12.8 Å². The lowest BCUT2D eigenvalue weighted by Gasteiger charge is -2.28. The van der Waals surface area contributed by atoms with E-state index >= 15 is 0 Å². The van der Waals surface area contributed by atoms with Crippen molar-refractivity contribution in [3.8, 4) is 11.1 Å². The lowest BCUT2D eigenvalue weighted by Crippen LogP contribution is -2.49. The van der Waals surface area contributed by atoms with E-state index in [0.717, 1.165) is 28.7 Å². The van der Waals surface area contributed by atoms with Crippen molar-refractivity contribution in [2.24, 2.45) is 5.92 Å². The number of hydrogen-bond acceptors (Lipinski definition) is 5. The molecule has 8 nitrogen and oxygen atoms in total. The van der Waals surface area contributed by atoms with Crippen molar-refractivity contribution >= 4 is 18.0 Å². The number of amides is 2. The van der Waals surface area contributed by atoms with Gasteiger partial charge >= 0.3 is 12.1 Å². The molecule has 4 atom stereocenters. The standard InChI is InChI=1S/C26H28N2O6/c29-15-12-23(25(31)32)28(13-15)24(30)20-10-5-11-22(20)27-26(33)34-14-21-18-8-3-1-6-16(18)17-7-2-4-9-19(17)21/h1-4,6-9,15,20-23,29H,5,10-14H2,(H,27,33)(H,31,32)/t15-,20?,22?,23-/m0/s1. The zero-order chi connectivity index (χ0) is 23.8. The lowest BCUT2D eigenvalue weighted by atomic mass is 9.98. The number of ether oxygens (including phenoxy) is 1. The number of nitrogens with zero attached hydrogens (tertiary/aromatic N) is 1. The van der Waals surface area contributed by atoms with E-state index in [-0.39, 0.29) is 31.4 Å². The molecule has 2 unspecified atom stereocenters. The van der Waals surface area contributed by atoms with Crippen LogP contribution in [0, 0.1) is 5.92 Å². The maximum absolute atomic E-state index is 13.1. The lowest BCUT2D eigenvalue weighted by molar-refractivity contribution is -0.150. The van der Waals surface area contributed by atoms with E-state index in [1.165, 1.54) is 4.90 Å². The van der Waals surface area contributed by atoms with Crippen molar-refractivity contribution in [2.75, 3.05) is 13.2 Å². The first-order valence-electron chi connectivity index (χ1n) is 11.8. The van der Waals surface area contributed by atoms with E-state index < -0.39 is 36.2 Å². The van der Waals surface area contributed by atoms with Crippen molar-refractivity contribution in [2.45, 2.75) is 49.8 Å². The fraction of sp³-hybridized carbons (Fsp3) is 0.423. The largest absolute Gasteiger partial charge is 0.480 e.